The third-order valence-electron chi connectivity index (χ3n) is 6.19. The summed E-state index contributed by atoms with van der Waals surface area (Å²) in [5, 5.41) is 23.2. The molecule has 2 heterocycles. The molecule has 0 unspecified atom stereocenters. The smallest absolute Gasteiger partial charge is 0.545 e. The minimum absolute atomic E-state index is 0. The number of carbonyl (C=O) groups excluding carboxylic acids is 1. The molecule has 0 fully saturated rings. The number of carboxylic acid groups (broad SMARTS) is 1. The van der Waals surface area contributed by atoms with E-state index < -0.39 is 5.97 Å². The maximum atomic E-state index is 12.3. The molecule has 2 aromatic heterocycles. The summed E-state index contributed by atoms with van der Waals surface area (Å²) in [4.78, 5) is 18.1. The van der Waals surface area contributed by atoms with Gasteiger partial charge in [-0.1, -0.05) is 42.5 Å². The van der Waals surface area contributed by atoms with E-state index in [-0.39, 0.29) is 35.1 Å². The molecule has 5 rings (SSSR count). The number of benzene rings is 3. The Bertz CT molecular complexity index is 1650. The molecular formula is C29H21N2NaO3S. The molecular weight excluding hydrogens is 479 g/mol. The molecule has 0 aliphatic carbocycles. The fourth-order valence-electron chi connectivity index (χ4n) is 4.38. The van der Waals surface area contributed by atoms with E-state index in [0.29, 0.717) is 40.9 Å². The Morgan fingerprint density at radius 1 is 1.08 bits per heavy atom. The number of hydrogen-bond donors (Lipinski definition) is 0. The van der Waals surface area contributed by atoms with Gasteiger partial charge < -0.3 is 14.6 Å². The van der Waals surface area contributed by atoms with Gasteiger partial charge in [0.1, 0.15) is 5.75 Å². The van der Waals surface area contributed by atoms with E-state index >= 15 is 0 Å². The van der Waals surface area contributed by atoms with Gasteiger partial charge in [-0.05, 0) is 60.2 Å². The number of ether oxygens (including phenoxy) is 1. The number of hydrogen-bond acceptors (Lipinski definition) is 6. The molecule has 0 saturated heterocycles. The summed E-state index contributed by atoms with van der Waals surface area (Å²) in [5.74, 6) is -0.839. The monoisotopic (exact) mass is 500 g/mol. The van der Waals surface area contributed by atoms with E-state index in [1.807, 2.05) is 50.2 Å². The molecule has 7 heteroatoms. The first-order valence-electron chi connectivity index (χ1n) is 11.2. The number of aromatic nitrogens is 1. The van der Waals surface area contributed by atoms with Crippen LogP contribution in [0, 0.1) is 25.2 Å². The molecule has 3 aromatic carbocycles. The zero-order valence-electron chi connectivity index (χ0n) is 20.3. The number of aromatic carboxylic acids is 1. The van der Waals surface area contributed by atoms with Crippen LogP contribution in [0.4, 0.5) is 0 Å². The van der Waals surface area contributed by atoms with Crippen molar-refractivity contribution in [1.82, 2.24) is 4.98 Å². The van der Waals surface area contributed by atoms with E-state index in [1.54, 1.807) is 29.5 Å². The van der Waals surface area contributed by atoms with Crippen molar-refractivity contribution in [2.75, 3.05) is 6.61 Å². The molecule has 0 aliphatic rings. The van der Waals surface area contributed by atoms with Gasteiger partial charge in [0, 0.05) is 16.7 Å². The van der Waals surface area contributed by atoms with Gasteiger partial charge in [0.25, 0.3) is 0 Å². The topological polar surface area (TPSA) is 86.0 Å². The second-order valence-electron chi connectivity index (χ2n) is 8.37. The third kappa shape index (κ3) is 4.76. The Balaban J connectivity index is 0.00000304. The summed E-state index contributed by atoms with van der Waals surface area (Å²) in [6.07, 6.45) is 0.520. The molecule has 0 spiro atoms. The fraction of sp³-hybridized carbons (Fsp3) is 0.138. The van der Waals surface area contributed by atoms with Crippen LogP contribution in [0.3, 0.4) is 0 Å². The van der Waals surface area contributed by atoms with E-state index in [4.69, 9.17) is 9.72 Å². The average molecular weight is 501 g/mol. The van der Waals surface area contributed by atoms with Crippen molar-refractivity contribution in [3.63, 3.8) is 0 Å². The van der Waals surface area contributed by atoms with E-state index in [1.165, 1.54) is 0 Å². The molecule has 172 valence electrons. The third-order valence-corrected chi connectivity index (χ3v) is 7.48. The van der Waals surface area contributed by atoms with E-state index in [2.05, 4.69) is 18.2 Å². The van der Waals surface area contributed by atoms with Crippen molar-refractivity contribution < 1.29 is 44.2 Å². The quantitative estimate of drug-likeness (QED) is 0.335. The zero-order chi connectivity index (χ0) is 24.5. The van der Waals surface area contributed by atoms with Crippen LogP contribution in [-0.2, 0) is 6.42 Å². The summed E-state index contributed by atoms with van der Waals surface area (Å²) >= 11 is 1.60. The van der Waals surface area contributed by atoms with Crippen LogP contribution in [0.5, 0.6) is 5.75 Å². The van der Waals surface area contributed by atoms with Gasteiger partial charge in [-0.2, -0.15) is 5.26 Å². The minimum Gasteiger partial charge on any atom is -0.545 e. The summed E-state index contributed by atoms with van der Waals surface area (Å²) in [5.41, 5.74) is 4.65. The zero-order valence-corrected chi connectivity index (χ0v) is 23.1. The van der Waals surface area contributed by atoms with Gasteiger partial charge >= 0.3 is 29.6 Å². The summed E-state index contributed by atoms with van der Waals surface area (Å²) < 4.78 is 7.18. The van der Waals surface area contributed by atoms with Gasteiger partial charge in [-0.15, -0.1) is 11.3 Å². The molecule has 5 aromatic rings. The molecule has 0 N–H and O–H groups in total. The van der Waals surface area contributed by atoms with Gasteiger partial charge in [0.15, 0.2) is 0 Å². The molecule has 0 radical (unpaired) electrons. The first-order valence-corrected chi connectivity index (χ1v) is 12.0. The van der Waals surface area contributed by atoms with Gasteiger partial charge in [-0.3, -0.25) is 0 Å². The van der Waals surface area contributed by atoms with Crippen LogP contribution < -0.4 is 39.4 Å². The SMILES string of the molecule is Cc1c(-c2cc(C(=O)[O-])c3c(OCCc4ccccc4C#N)ccc(C)c3n2)sc2ccccc12.[Na+]. The maximum absolute atomic E-state index is 12.3. The van der Waals surface area contributed by atoms with E-state index in [9.17, 15) is 15.2 Å². The van der Waals surface area contributed by atoms with Crippen LogP contribution in [0.1, 0.15) is 32.6 Å². The Morgan fingerprint density at radius 3 is 2.58 bits per heavy atom. The molecule has 0 aliphatic heterocycles. The summed E-state index contributed by atoms with van der Waals surface area (Å²) in [6.45, 7) is 4.23. The number of thiophene rings is 1. The largest absolute Gasteiger partial charge is 1.00 e. The number of carbonyl (C=O) groups is 1. The number of nitrogens with zero attached hydrogens (tertiary/aromatic N) is 2. The Morgan fingerprint density at radius 2 is 1.83 bits per heavy atom. The number of aryl methyl sites for hydroxylation is 2. The van der Waals surface area contributed by atoms with Crippen LogP contribution in [0.25, 0.3) is 31.6 Å². The molecule has 0 saturated carbocycles. The van der Waals surface area contributed by atoms with Crippen molar-refractivity contribution in [3.8, 4) is 22.4 Å². The van der Waals surface area contributed by atoms with Gasteiger partial charge in [-0.25, -0.2) is 4.98 Å². The van der Waals surface area contributed by atoms with Crippen LogP contribution in [-0.4, -0.2) is 17.6 Å². The Labute approximate surface area is 235 Å². The standard InChI is InChI=1S/C29H22N2O3S.Na/c1-17-11-12-24(34-14-13-19-7-3-4-8-20(19)16-30)26-22(29(32)33)15-23(31-27(17)26)28-18(2)21-9-5-6-10-25(21)35-28;/h3-12,15H,13-14H2,1-2H3,(H,32,33);/q;+1/p-1. The summed E-state index contributed by atoms with van der Waals surface area (Å²) in [7, 11) is 0. The Kier molecular flexibility index (Phi) is 7.77. The van der Waals surface area contributed by atoms with Crippen molar-refractivity contribution in [2.45, 2.75) is 20.3 Å². The number of carboxylic acids is 1. The first kappa shape index (κ1) is 25.9. The predicted octanol–water partition coefficient (Wildman–Crippen LogP) is 2.59. The normalized spacial score (nSPS) is 10.7. The number of pyridine rings is 1. The minimum atomic E-state index is -1.28. The van der Waals surface area contributed by atoms with Crippen molar-refractivity contribution in [3.05, 3.63) is 94.5 Å². The molecule has 5 nitrogen and oxygen atoms in total. The van der Waals surface area contributed by atoms with Crippen LogP contribution in [0.2, 0.25) is 0 Å². The van der Waals surface area contributed by atoms with Gasteiger partial charge in [0.05, 0.1) is 45.7 Å². The molecule has 0 atom stereocenters. The van der Waals surface area contributed by atoms with Crippen LogP contribution in [0.15, 0.2) is 66.7 Å². The average Bonchev–Trinajstić information content (AvgIpc) is 3.21. The van der Waals surface area contributed by atoms with Crippen LogP contribution >= 0.6 is 11.3 Å². The number of fused-ring (bicyclic) bond motifs is 2. The molecule has 36 heavy (non-hydrogen) atoms. The van der Waals surface area contributed by atoms with Crippen molar-refractivity contribution in [2.24, 2.45) is 0 Å². The molecule has 0 bridgehead atoms. The Hall–Kier alpha value is -3.21. The molecule has 0 amide bonds. The van der Waals surface area contributed by atoms with E-state index in [0.717, 1.165) is 31.7 Å². The second kappa shape index (κ2) is 10.8. The fourth-order valence-corrected chi connectivity index (χ4v) is 5.55. The number of rotatable bonds is 6. The number of nitriles is 1. The van der Waals surface area contributed by atoms with Crippen molar-refractivity contribution in [1.29, 1.82) is 5.26 Å². The van der Waals surface area contributed by atoms with Crippen molar-refractivity contribution >= 4 is 38.3 Å². The summed E-state index contributed by atoms with van der Waals surface area (Å²) in [6, 6.07) is 22.9. The van der Waals surface area contributed by atoms with Gasteiger partial charge in [0.2, 0.25) is 0 Å². The first-order chi connectivity index (χ1) is 17.0. The second-order valence-corrected chi connectivity index (χ2v) is 9.42. The predicted molar refractivity (Wildman–Crippen MR) is 137 cm³/mol. The maximum Gasteiger partial charge on any atom is 1.00 e.